The van der Waals surface area contributed by atoms with Crippen LogP contribution < -0.4 is 4.74 Å². The summed E-state index contributed by atoms with van der Waals surface area (Å²) in [5, 5.41) is 0. The van der Waals surface area contributed by atoms with Crippen LogP contribution in [0.2, 0.25) is 0 Å². The van der Waals surface area contributed by atoms with Crippen molar-refractivity contribution in [2.45, 2.75) is 0 Å². The molecule has 0 saturated heterocycles. The maximum atomic E-state index is 12.3. The average molecular weight is 140 g/mol. The molecule has 1 aromatic carbocycles. The van der Waals surface area contributed by atoms with Crippen molar-refractivity contribution in [2.24, 2.45) is 0 Å². The minimum absolute atomic E-state index is 0.218. The van der Waals surface area contributed by atoms with E-state index in [1.807, 2.05) is 0 Å². The molecule has 10 heavy (non-hydrogen) atoms. The third kappa shape index (κ3) is 1.55. The van der Waals surface area contributed by atoms with Crippen molar-refractivity contribution in [1.29, 1.82) is 0 Å². The Bertz CT molecular complexity index is 235. The molecule has 3 heteroatoms. The third-order valence-electron chi connectivity index (χ3n) is 0.980. The maximum absolute atomic E-state index is 12.3. The topological polar surface area (TPSA) is 26.3 Å². The summed E-state index contributed by atoms with van der Waals surface area (Å²) in [5.41, 5.74) is 0. The molecule has 1 rings (SSSR count). The molecule has 0 aliphatic carbocycles. The zero-order valence-electron chi connectivity index (χ0n) is 5.08. The number of hydrogen-bond donors (Lipinski definition) is 0. The molecule has 2 nitrogen and oxygen atoms in total. The Kier molecular flexibility index (Phi) is 1.99. The number of carbonyl (C=O) groups is 1. The fraction of sp³-hybridized carbons (Fsp3) is 0. The van der Waals surface area contributed by atoms with Gasteiger partial charge in [-0.05, 0) is 12.1 Å². The highest BCUT2D eigenvalue weighted by molar-refractivity contribution is 5.44. The molecule has 0 aliphatic rings. The van der Waals surface area contributed by atoms with Crippen LogP contribution in [-0.2, 0) is 4.79 Å². The summed E-state index contributed by atoms with van der Waals surface area (Å²) in [6, 6.07) is 5.37. The van der Waals surface area contributed by atoms with Gasteiger partial charge in [0, 0.05) is 6.07 Å². The molecule has 0 heterocycles. The van der Waals surface area contributed by atoms with E-state index in [1.54, 1.807) is 0 Å². The summed E-state index contributed by atoms with van der Waals surface area (Å²) in [6.07, 6.45) is 0. The first-order chi connectivity index (χ1) is 4.83. The van der Waals surface area contributed by atoms with Crippen molar-refractivity contribution in [1.82, 2.24) is 0 Å². The largest absolute Gasteiger partial charge is 0.429 e. The lowest BCUT2D eigenvalue weighted by atomic mass is 10.3. The first-order valence-corrected chi connectivity index (χ1v) is 2.69. The normalized spacial score (nSPS) is 8.90. The Labute approximate surface area is 57.2 Å². The molecule has 0 bridgehead atoms. The van der Waals surface area contributed by atoms with Gasteiger partial charge in [0.05, 0.1) is 0 Å². The van der Waals surface area contributed by atoms with Gasteiger partial charge < -0.3 is 4.74 Å². The standard InChI is InChI=1S/C7H5FO2/c8-6-2-1-3-7(4-6)10-5-9/h1-5H. The van der Waals surface area contributed by atoms with E-state index in [0.717, 1.165) is 6.07 Å². The van der Waals surface area contributed by atoms with Crippen LogP contribution in [0, 0.1) is 5.82 Å². The van der Waals surface area contributed by atoms with E-state index in [9.17, 15) is 9.18 Å². The van der Waals surface area contributed by atoms with Crippen LogP contribution in [0.25, 0.3) is 0 Å². The Balaban J connectivity index is 2.84. The van der Waals surface area contributed by atoms with Crippen molar-refractivity contribution in [3.8, 4) is 5.75 Å². The highest BCUT2D eigenvalue weighted by Crippen LogP contribution is 2.10. The van der Waals surface area contributed by atoms with Gasteiger partial charge in [0.15, 0.2) is 0 Å². The Morgan fingerprint density at radius 1 is 1.50 bits per heavy atom. The molecule has 0 saturated carbocycles. The molecule has 0 atom stereocenters. The van der Waals surface area contributed by atoms with Gasteiger partial charge in [-0.2, -0.15) is 0 Å². The predicted octanol–water partition coefficient (Wildman–Crippen LogP) is 1.36. The van der Waals surface area contributed by atoms with Crippen LogP contribution in [0.4, 0.5) is 4.39 Å². The second kappa shape index (κ2) is 2.96. The number of benzene rings is 1. The van der Waals surface area contributed by atoms with Crippen molar-refractivity contribution >= 4 is 6.47 Å². The number of hydrogen-bond acceptors (Lipinski definition) is 2. The van der Waals surface area contributed by atoms with Gasteiger partial charge in [-0.15, -0.1) is 0 Å². The SMILES string of the molecule is O=COc1cccc(F)c1. The fourth-order valence-electron chi connectivity index (χ4n) is 0.596. The molecule has 0 amide bonds. The Morgan fingerprint density at radius 3 is 2.90 bits per heavy atom. The first-order valence-electron chi connectivity index (χ1n) is 2.69. The summed E-state index contributed by atoms with van der Waals surface area (Å²) in [7, 11) is 0. The van der Waals surface area contributed by atoms with Crippen molar-refractivity contribution < 1.29 is 13.9 Å². The van der Waals surface area contributed by atoms with Gasteiger partial charge in [0.25, 0.3) is 6.47 Å². The van der Waals surface area contributed by atoms with Crippen LogP contribution in [0.1, 0.15) is 0 Å². The van der Waals surface area contributed by atoms with Crippen LogP contribution in [0.5, 0.6) is 5.75 Å². The van der Waals surface area contributed by atoms with Crippen LogP contribution in [0.15, 0.2) is 24.3 Å². The van der Waals surface area contributed by atoms with Crippen LogP contribution >= 0.6 is 0 Å². The molecule has 0 aliphatic heterocycles. The van der Waals surface area contributed by atoms with E-state index < -0.39 is 5.82 Å². The molecular weight excluding hydrogens is 135 g/mol. The number of rotatable bonds is 2. The zero-order chi connectivity index (χ0) is 7.40. The molecule has 0 N–H and O–H groups in total. The molecule has 0 spiro atoms. The maximum Gasteiger partial charge on any atom is 0.298 e. The smallest absolute Gasteiger partial charge is 0.298 e. The minimum Gasteiger partial charge on any atom is -0.429 e. The highest BCUT2D eigenvalue weighted by atomic mass is 19.1. The van der Waals surface area contributed by atoms with E-state index in [2.05, 4.69) is 4.74 Å². The van der Waals surface area contributed by atoms with Crippen molar-refractivity contribution in [3.05, 3.63) is 30.1 Å². The fourth-order valence-corrected chi connectivity index (χ4v) is 0.596. The lowest BCUT2D eigenvalue weighted by molar-refractivity contribution is -0.120. The number of carbonyl (C=O) groups excluding carboxylic acids is 1. The second-order valence-electron chi connectivity index (χ2n) is 1.67. The number of halogens is 1. The van der Waals surface area contributed by atoms with Crippen LogP contribution in [0.3, 0.4) is 0 Å². The summed E-state index contributed by atoms with van der Waals surface area (Å²) in [4.78, 5) is 9.74. The first kappa shape index (κ1) is 6.74. The lowest BCUT2D eigenvalue weighted by Gasteiger charge is -1.94. The second-order valence-corrected chi connectivity index (χ2v) is 1.67. The monoisotopic (exact) mass is 140 g/mol. The Morgan fingerprint density at radius 2 is 2.30 bits per heavy atom. The third-order valence-corrected chi connectivity index (χ3v) is 0.980. The minimum atomic E-state index is -0.417. The van der Waals surface area contributed by atoms with Gasteiger partial charge in [-0.1, -0.05) is 6.07 Å². The molecule has 1 aromatic rings. The van der Waals surface area contributed by atoms with Gasteiger partial charge in [-0.3, -0.25) is 4.79 Å². The molecular formula is C7H5FO2. The molecule has 52 valence electrons. The van der Waals surface area contributed by atoms with E-state index >= 15 is 0 Å². The zero-order valence-corrected chi connectivity index (χ0v) is 5.08. The summed E-state index contributed by atoms with van der Waals surface area (Å²) < 4.78 is 16.7. The van der Waals surface area contributed by atoms with Crippen molar-refractivity contribution in [2.75, 3.05) is 0 Å². The molecule has 0 unspecified atom stereocenters. The van der Waals surface area contributed by atoms with E-state index in [-0.39, 0.29) is 12.2 Å². The summed E-state index contributed by atoms with van der Waals surface area (Å²) in [5.74, 6) is -0.200. The van der Waals surface area contributed by atoms with E-state index in [1.165, 1.54) is 18.2 Å². The quantitative estimate of drug-likeness (QED) is 0.580. The van der Waals surface area contributed by atoms with Crippen molar-refractivity contribution in [3.63, 3.8) is 0 Å². The van der Waals surface area contributed by atoms with E-state index in [0.29, 0.717) is 0 Å². The lowest BCUT2D eigenvalue weighted by Crippen LogP contribution is -1.87. The van der Waals surface area contributed by atoms with Gasteiger partial charge in [-0.25, -0.2) is 4.39 Å². The summed E-state index contributed by atoms with van der Waals surface area (Å²) in [6.45, 7) is 0.259. The van der Waals surface area contributed by atoms with Crippen LogP contribution in [-0.4, -0.2) is 6.47 Å². The van der Waals surface area contributed by atoms with E-state index in [4.69, 9.17) is 0 Å². The predicted molar refractivity (Wildman–Crippen MR) is 33.1 cm³/mol. The Hall–Kier alpha value is -1.38. The number of ether oxygens (including phenoxy) is 1. The molecule has 0 aromatic heterocycles. The highest BCUT2D eigenvalue weighted by Gasteiger charge is 1.92. The molecule has 0 radical (unpaired) electrons. The van der Waals surface area contributed by atoms with Gasteiger partial charge >= 0.3 is 0 Å². The van der Waals surface area contributed by atoms with Gasteiger partial charge in [0.1, 0.15) is 11.6 Å². The summed E-state index contributed by atoms with van der Waals surface area (Å²) >= 11 is 0. The molecule has 0 fully saturated rings. The van der Waals surface area contributed by atoms with Gasteiger partial charge in [0.2, 0.25) is 0 Å². The average Bonchev–Trinajstić information content (AvgIpc) is 1.88.